The van der Waals surface area contributed by atoms with Crippen molar-refractivity contribution < 1.29 is 9.59 Å². The number of fused-ring (bicyclic) bond motifs is 1. The lowest BCUT2D eigenvalue weighted by atomic mass is 9.99. The van der Waals surface area contributed by atoms with Crippen molar-refractivity contribution in [3.63, 3.8) is 0 Å². The number of carbonyl (C=O) groups excluding carboxylic acids is 2. The van der Waals surface area contributed by atoms with Gasteiger partial charge >= 0.3 is 0 Å². The normalized spacial score (nSPS) is 27.5. The first kappa shape index (κ1) is 17.3. The second-order valence-corrected chi connectivity index (χ2v) is 8.82. The molecular weight excluding hydrogens is 320 g/mol. The molecule has 0 unspecified atom stereocenters. The Morgan fingerprint density at radius 2 is 1.88 bits per heavy atom. The van der Waals surface area contributed by atoms with E-state index < -0.39 is 0 Å². The van der Waals surface area contributed by atoms with Crippen molar-refractivity contribution in [2.45, 2.75) is 63.4 Å². The minimum absolute atomic E-state index is 0.0399. The molecule has 4 nitrogen and oxygen atoms in total. The van der Waals surface area contributed by atoms with E-state index in [4.69, 9.17) is 0 Å². The number of thioether (sulfide) groups is 1. The van der Waals surface area contributed by atoms with Crippen LogP contribution in [0.3, 0.4) is 0 Å². The van der Waals surface area contributed by atoms with Gasteiger partial charge in [0, 0.05) is 12.2 Å². The number of benzene rings is 1. The molecule has 2 amide bonds. The van der Waals surface area contributed by atoms with Gasteiger partial charge in [-0.1, -0.05) is 38.1 Å². The van der Waals surface area contributed by atoms with Crippen molar-refractivity contribution in [2.24, 2.45) is 0 Å². The Labute approximate surface area is 148 Å². The lowest BCUT2D eigenvalue weighted by Gasteiger charge is -2.30. The summed E-state index contributed by atoms with van der Waals surface area (Å²) >= 11 is 1.73. The molecule has 0 spiro atoms. The van der Waals surface area contributed by atoms with E-state index in [1.807, 2.05) is 11.8 Å². The highest BCUT2D eigenvalue weighted by Gasteiger charge is 2.52. The van der Waals surface area contributed by atoms with Gasteiger partial charge in [-0.15, -0.1) is 11.8 Å². The Morgan fingerprint density at radius 3 is 2.50 bits per heavy atom. The van der Waals surface area contributed by atoms with Gasteiger partial charge in [-0.25, -0.2) is 0 Å². The fourth-order valence-corrected chi connectivity index (χ4v) is 5.01. The summed E-state index contributed by atoms with van der Waals surface area (Å²) in [7, 11) is 0. The zero-order valence-corrected chi connectivity index (χ0v) is 15.7. The smallest absolute Gasteiger partial charge is 0.244 e. The Kier molecular flexibility index (Phi) is 4.65. The number of nitrogens with one attached hydrogen (secondary N) is 1. The standard InChI is InChI=1S/C19H26N2O2S/c1-12(2)14-5-7-15(8-6-14)13(3)20-18(23)16-11-24-19(4)10-9-17(22)21(16)19/h5-8,12-13,16H,9-11H2,1-4H3,(H,20,23)/t13-,16+,19+/m0/s1. The lowest BCUT2D eigenvalue weighted by molar-refractivity contribution is -0.138. The Balaban J connectivity index is 1.67. The minimum atomic E-state index is -0.340. The number of carbonyl (C=O) groups is 2. The molecular formula is C19H26N2O2S. The molecule has 1 aromatic rings. The van der Waals surface area contributed by atoms with Crippen molar-refractivity contribution in [3.05, 3.63) is 35.4 Å². The van der Waals surface area contributed by atoms with Gasteiger partial charge in [-0.2, -0.15) is 0 Å². The van der Waals surface area contributed by atoms with E-state index in [1.165, 1.54) is 5.56 Å². The lowest BCUT2D eigenvalue weighted by Crippen LogP contribution is -2.50. The maximum atomic E-state index is 12.7. The highest BCUT2D eigenvalue weighted by atomic mass is 32.2. The van der Waals surface area contributed by atoms with Crippen molar-refractivity contribution in [1.29, 1.82) is 0 Å². The number of hydrogen-bond donors (Lipinski definition) is 1. The van der Waals surface area contributed by atoms with Gasteiger partial charge in [-0.3, -0.25) is 9.59 Å². The van der Waals surface area contributed by atoms with Crippen molar-refractivity contribution in [3.8, 4) is 0 Å². The molecule has 2 saturated heterocycles. The van der Waals surface area contributed by atoms with Crippen molar-refractivity contribution in [1.82, 2.24) is 10.2 Å². The van der Waals surface area contributed by atoms with Gasteiger partial charge in [0.2, 0.25) is 11.8 Å². The zero-order valence-electron chi connectivity index (χ0n) is 14.8. The van der Waals surface area contributed by atoms with E-state index in [0.717, 1.165) is 12.0 Å². The van der Waals surface area contributed by atoms with E-state index in [0.29, 0.717) is 18.1 Å². The van der Waals surface area contributed by atoms with Crippen molar-refractivity contribution in [2.75, 3.05) is 5.75 Å². The van der Waals surface area contributed by atoms with Crippen LogP contribution in [0.25, 0.3) is 0 Å². The number of nitrogens with zero attached hydrogens (tertiary/aromatic N) is 1. The molecule has 3 rings (SSSR count). The molecule has 0 saturated carbocycles. The minimum Gasteiger partial charge on any atom is -0.348 e. The third-order valence-corrected chi connectivity index (χ3v) is 6.71. The monoisotopic (exact) mass is 346 g/mol. The second-order valence-electron chi connectivity index (χ2n) is 7.32. The third-order valence-electron chi connectivity index (χ3n) is 5.21. The Bertz CT molecular complexity index is 643. The van der Waals surface area contributed by atoms with Gasteiger partial charge in [0.05, 0.1) is 10.9 Å². The Morgan fingerprint density at radius 1 is 1.25 bits per heavy atom. The molecule has 2 fully saturated rings. The van der Waals surface area contributed by atoms with Gasteiger partial charge in [-0.05, 0) is 37.3 Å². The first-order valence-electron chi connectivity index (χ1n) is 8.68. The van der Waals surface area contributed by atoms with E-state index >= 15 is 0 Å². The number of rotatable bonds is 4. The fraction of sp³-hybridized carbons (Fsp3) is 0.579. The predicted molar refractivity (Wildman–Crippen MR) is 97.8 cm³/mol. The van der Waals surface area contributed by atoms with E-state index in [9.17, 15) is 9.59 Å². The summed E-state index contributed by atoms with van der Waals surface area (Å²) in [6, 6.07) is 7.99. The third kappa shape index (κ3) is 3.06. The predicted octanol–water partition coefficient (Wildman–Crippen LogP) is 3.44. The molecule has 2 aliphatic heterocycles. The molecule has 3 atom stereocenters. The highest BCUT2D eigenvalue weighted by Crippen LogP contribution is 2.47. The summed E-state index contributed by atoms with van der Waals surface area (Å²) in [6.45, 7) is 8.41. The summed E-state index contributed by atoms with van der Waals surface area (Å²) in [6.07, 6.45) is 1.39. The number of amides is 2. The maximum absolute atomic E-state index is 12.7. The SMILES string of the molecule is CC(C)c1ccc([C@H](C)NC(=O)[C@H]2CS[C@]3(C)CCC(=O)N23)cc1. The second kappa shape index (κ2) is 6.43. The molecule has 0 bridgehead atoms. The molecule has 130 valence electrons. The van der Waals surface area contributed by atoms with Crippen LogP contribution in [-0.4, -0.2) is 33.4 Å². The summed E-state index contributed by atoms with van der Waals surface area (Å²) in [5.41, 5.74) is 2.39. The molecule has 1 N–H and O–H groups in total. The quantitative estimate of drug-likeness (QED) is 0.908. The number of hydrogen-bond acceptors (Lipinski definition) is 3. The first-order chi connectivity index (χ1) is 11.3. The molecule has 0 aliphatic carbocycles. The zero-order chi connectivity index (χ0) is 17.5. The van der Waals surface area contributed by atoms with Gasteiger partial charge in [0.1, 0.15) is 6.04 Å². The summed E-state index contributed by atoms with van der Waals surface area (Å²) in [5.74, 6) is 1.25. The average molecular weight is 346 g/mol. The van der Waals surface area contributed by atoms with Crippen LogP contribution in [0.1, 0.15) is 63.6 Å². The van der Waals surface area contributed by atoms with Crippen LogP contribution in [0, 0.1) is 0 Å². The van der Waals surface area contributed by atoms with Gasteiger partial charge in [0.15, 0.2) is 0 Å². The summed E-state index contributed by atoms with van der Waals surface area (Å²) in [5, 5.41) is 3.09. The largest absolute Gasteiger partial charge is 0.348 e. The molecule has 1 aromatic carbocycles. The van der Waals surface area contributed by atoms with E-state index in [1.54, 1.807) is 11.8 Å². The molecule has 0 aromatic heterocycles. The molecule has 2 heterocycles. The van der Waals surface area contributed by atoms with Crippen LogP contribution in [-0.2, 0) is 9.59 Å². The molecule has 0 radical (unpaired) electrons. The van der Waals surface area contributed by atoms with Crippen LogP contribution in [0.15, 0.2) is 24.3 Å². The Hall–Kier alpha value is -1.49. The summed E-state index contributed by atoms with van der Waals surface area (Å²) < 4.78 is 0. The molecule has 24 heavy (non-hydrogen) atoms. The topological polar surface area (TPSA) is 49.4 Å². The van der Waals surface area contributed by atoms with Gasteiger partial charge < -0.3 is 10.2 Å². The van der Waals surface area contributed by atoms with Crippen LogP contribution in [0.4, 0.5) is 0 Å². The van der Waals surface area contributed by atoms with Crippen molar-refractivity contribution >= 4 is 23.6 Å². The van der Waals surface area contributed by atoms with Gasteiger partial charge in [0.25, 0.3) is 0 Å². The van der Waals surface area contributed by atoms with Crippen LogP contribution >= 0.6 is 11.8 Å². The molecule has 5 heteroatoms. The van der Waals surface area contributed by atoms with E-state index in [2.05, 4.69) is 50.4 Å². The highest BCUT2D eigenvalue weighted by molar-refractivity contribution is 8.01. The summed E-state index contributed by atoms with van der Waals surface area (Å²) in [4.78, 5) is 26.5. The fourth-order valence-electron chi connectivity index (χ4n) is 3.58. The van der Waals surface area contributed by atoms with E-state index in [-0.39, 0.29) is 28.8 Å². The molecule has 2 aliphatic rings. The maximum Gasteiger partial charge on any atom is 0.244 e. The van der Waals surface area contributed by atoms with Crippen LogP contribution in [0.5, 0.6) is 0 Å². The van der Waals surface area contributed by atoms with Crippen LogP contribution in [0.2, 0.25) is 0 Å². The average Bonchev–Trinajstić information content (AvgIpc) is 3.04. The first-order valence-corrected chi connectivity index (χ1v) is 9.67. The van der Waals surface area contributed by atoms with Crippen LogP contribution < -0.4 is 5.32 Å².